The monoisotopic (exact) mass is 455 g/mol. The molecule has 1 N–H and O–H groups in total. The molecular formula is C21H23N6O4S+. The second kappa shape index (κ2) is 7.21. The molecule has 166 valence electrons. The lowest BCUT2D eigenvalue weighted by Gasteiger charge is -2.26. The quantitative estimate of drug-likeness (QED) is 0.599. The van der Waals surface area contributed by atoms with Gasteiger partial charge in [0.05, 0.1) is 18.8 Å². The summed E-state index contributed by atoms with van der Waals surface area (Å²) >= 11 is 0. The molecule has 0 bridgehead atoms. The molecule has 0 radical (unpaired) electrons. The third-order valence-electron chi connectivity index (χ3n) is 6.18. The fourth-order valence-corrected chi connectivity index (χ4v) is 5.51. The average Bonchev–Trinajstić information content (AvgIpc) is 3.69. The number of rotatable bonds is 7. The summed E-state index contributed by atoms with van der Waals surface area (Å²) in [4.78, 5) is 27.7. The zero-order valence-electron chi connectivity index (χ0n) is 17.6. The highest BCUT2D eigenvalue weighted by atomic mass is 32.2. The number of hydrogen-bond acceptors (Lipinski definition) is 6. The molecule has 11 heteroatoms. The number of allylic oxidation sites excluding steroid dienone is 1. The third kappa shape index (κ3) is 3.69. The Balaban J connectivity index is 1.50. The van der Waals surface area contributed by atoms with E-state index in [-0.39, 0.29) is 12.1 Å². The van der Waals surface area contributed by atoms with E-state index in [2.05, 4.69) is 9.82 Å². The summed E-state index contributed by atoms with van der Waals surface area (Å²) in [7, 11) is -2.17. The number of carbonyl (C=O) groups is 2. The molecule has 32 heavy (non-hydrogen) atoms. The summed E-state index contributed by atoms with van der Waals surface area (Å²) < 4.78 is 31.5. The molecule has 4 aliphatic rings. The standard InChI is InChI=1S/C21H23N6O4S/c1-25-10-15(9-23-25)12-27-19(28)17-8-16(32(30,31)24-21(13-22)6-7-21)4-5-18(17)26(20(27)29)11-14-2-3-14/h4-5,8-10,14,16,24H,2-3,6-7,11-12H2,1H3/q+1. The van der Waals surface area contributed by atoms with Gasteiger partial charge in [0, 0.05) is 18.8 Å². The van der Waals surface area contributed by atoms with Gasteiger partial charge in [-0.25, -0.2) is 13.2 Å². The van der Waals surface area contributed by atoms with Crippen molar-refractivity contribution in [2.45, 2.75) is 43.0 Å². The largest absolute Gasteiger partial charge is 0.501 e. The van der Waals surface area contributed by atoms with Gasteiger partial charge >= 0.3 is 11.9 Å². The van der Waals surface area contributed by atoms with E-state index in [9.17, 15) is 23.3 Å². The Morgan fingerprint density at radius 1 is 1.34 bits per heavy atom. The average molecular weight is 456 g/mol. The number of sulfonamides is 1. The van der Waals surface area contributed by atoms with Crippen molar-refractivity contribution < 1.29 is 22.6 Å². The van der Waals surface area contributed by atoms with Crippen LogP contribution in [0.3, 0.4) is 0 Å². The Kier molecular flexibility index (Phi) is 4.69. The molecule has 10 nitrogen and oxygen atoms in total. The van der Waals surface area contributed by atoms with Crippen molar-refractivity contribution in [2.75, 3.05) is 6.54 Å². The van der Waals surface area contributed by atoms with Gasteiger partial charge < -0.3 is 0 Å². The molecule has 0 aromatic carbocycles. The maximum atomic E-state index is 13.3. The highest BCUT2D eigenvalue weighted by molar-refractivity contribution is 7.90. The molecule has 1 unspecified atom stereocenters. The number of imide groups is 1. The first-order valence-corrected chi connectivity index (χ1v) is 12.1. The van der Waals surface area contributed by atoms with E-state index in [0.717, 1.165) is 17.7 Å². The first-order chi connectivity index (χ1) is 15.2. The van der Waals surface area contributed by atoms with Gasteiger partial charge in [0.1, 0.15) is 28.6 Å². The first kappa shape index (κ1) is 20.8. The Morgan fingerprint density at radius 2 is 2.09 bits per heavy atom. The number of fused-ring (bicyclic) bond motifs is 1. The van der Waals surface area contributed by atoms with Gasteiger partial charge in [-0.15, -0.1) is 0 Å². The molecule has 1 aliphatic heterocycles. The van der Waals surface area contributed by atoms with Crippen molar-refractivity contribution in [3.05, 3.63) is 41.8 Å². The van der Waals surface area contributed by atoms with Gasteiger partial charge in [0.25, 0.3) is 0 Å². The topological polar surface area (TPSA) is 128 Å². The number of amides is 3. The van der Waals surface area contributed by atoms with Crippen molar-refractivity contribution >= 4 is 27.7 Å². The Morgan fingerprint density at radius 3 is 2.69 bits per heavy atom. The zero-order chi connectivity index (χ0) is 22.7. The maximum absolute atomic E-state index is 13.3. The summed E-state index contributed by atoms with van der Waals surface area (Å²) in [6.07, 6.45) is 10.7. The SMILES string of the molecule is Cn1cc(CN2C(=O)C3=CC(S(=O)(=O)NC4(C#N)CC4)C=CC3=[N+](CC3CC3)C2=O)cn1. The van der Waals surface area contributed by atoms with E-state index in [1.165, 1.54) is 12.2 Å². The van der Waals surface area contributed by atoms with E-state index in [0.29, 0.717) is 36.6 Å². The van der Waals surface area contributed by atoms with Crippen LogP contribution < -0.4 is 4.72 Å². The molecule has 2 fully saturated rings. The van der Waals surface area contributed by atoms with Crippen molar-refractivity contribution in [1.29, 1.82) is 5.26 Å². The highest BCUT2D eigenvalue weighted by Gasteiger charge is 2.50. The Hall–Kier alpha value is -3.10. The van der Waals surface area contributed by atoms with Crippen LogP contribution in [0.15, 0.2) is 36.2 Å². The fraction of sp³-hybridized carbons (Fsp3) is 0.476. The molecule has 1 atom stereocenters. The number of aromatic nitrogens is 2. The van der Waals surface area contributed by atoms with Gasteiger partial charge in [-0.3, -0.25) is 4.68 Å². The number of urea groups is 1. The maximum Gasteiger partial charge on any atom is 0.501 e. The number of nitriles is 1. The van der Waals surface area contributed by atoms with Crippen LogP contribution in [0, 0.1) is 17.2 Å². The van der Waals surface area contributed by atoms with Crippen LogP contribution in [0.5, 0.6) is 0 Å². The predicted octanol–water partition coefficient (Wildman–Crippen LogP) is 0.586. The van der Waals surface area contributed by atoms with Gasteiger partial charge in [0.15, 0.2) is 0 Å². The zero-order valence-corrected chi connectivity index (χ0v) is 18.4. The third-order valence-corrected chi connectivity index (χ3v) is 7.86. The van der Waals surface area contributed by atoms with E-state index in [1.54, 1.807) is 34.8 Å². The lowest BCUT2D eigenvalue weighted by molar-refractivity contribution is -0.440. The van der Waals surface area contributed by atoms with Crippen LogP contribution in [0.2, 0.25) is 0 Å². The number of nitrogens with one attached hydrogen (secondary N) is 1. The summed E-state index contributed by atoms with van der Waals surface area (Å²) in [5.41, 5.74) is 0.272. The second-order valence-corrected chi connectivity index (χ2v) is 10.7. The molecule has 0 saturated heterocycles. The normalized spacial score (nSPS) is 24.3. The Labute approximate surface area is 185 Å². The molecule has 3 amide bonds. The van der Waals surface area contributed by atoms with E-state index in [4.69, 9.17) is 0 Å². The molecule has 3 aliphatic carbocycles. The lowest BCUT2D eigenvalue weighted by Crippen LogP contribution is -2.52. The minimum Gasteiger partial charge on any atom is -0.275 e. The number of carbonyl (C=O) groups excluding carboxylic acids is 2. The van der Waals surface area contributed by atoms with Crippen LogP contribution in [-0.4, -0.2) is 62.7 Å². The van der Waals surface area contributed by atoms with Crippen LogP contribution in [0.25, 0.3) is 0 Å². The molecule has 0 spiro atoms. The van der Waals surface area contributed by atoms with Crippen LogP contribution in [0.4, 0.5) is 4.79 Å². The summed E-state index contributed by atoms with van der Waals surface area (Å²) in [5.74, 6) is -0.158. The van der Waals surface area contributed by atoms with Crippen molar-refractivity contribution in [2.24, 2.45) is 13.0 Å². The van der Waals surface area contributed by atoms with Gasteiger partial charge in [-0.1, -0.05) is 6.08 Å². The van der Waals surface area contributed by atoms with Crippen LogP contribution >= 0.6 is 0 Å². The van der Waals surface area contributed by atoms with Gasteiger partial charge in [0.2, 0.25) is 10.0 Å². The molecule has 1 aromatic heterocycles. The molecular weight excluding hydrogens is 432 g/mol. The molecule has 5 rings (SSSR count). The van der Waals surface area contributed by atoms with Crippen molar-refractivity contribution in [3.8, 4) is 6.07 Å². The van der Waals surface area contributed by atoms with Crippen molar-refractivity contribution in [1.82, 2.24) is 19.4 Å². The van der Waals surface area contributed by atoms with Gasteiger partial charge in [-0.2, -0.15) is 29.4 Å². The van der Waals surface area contributed by atoms with E-state index in [1.807, 2.05) is 6.07 Å². The molecule has 2 saturated carbocycles. The van der Waals surface area contributed by atoms with Crippen molar-refractivity contribution in [3.63, 3.8) is 0 Å². The number of nitrogens with zero attached hydrogens (tertiary/aromatic N) is 5. The first-order valence-electron chi connectivity index (χ1n) is 10.5. The summed E-state index contributed by atoms with van der Waals surface area (Å²) in [6.45, 7) is 0.536. The minimum atomic E-state index is -3.92. The van der Waals surface area contributed by atoms with E-state index < -0.39 is 32.8 Å². The highest BCUT2D eigenvalue weighted by Crippen LogP contribution is 2.36. The second-order valence-electron chi connectivity index (χ2n) is 8.88. The summed E-state index contributed by atoms with van der Waals surface area (Å²) in [6, 6.07) is 1.60. The predicted molar refractivity (Wildman–Crippen MR) is 113 cm³/mol. The number of aryl methyl sites for hydroxylation is 1. The molecule has 2 heterocycles. The van der Waals surface area contributed by atoms with E-state index >= 15 is 0 Å². The lowest BCUT2D eigenvalue weighted by atomic mass is 9.99. The van der Waals surface area contributed by atoms with Crippen LogP contribution in [-0.2, 0) is 28.4 Å². The molecule has 1 aromatic rings. The summed E-state index contributed by atoms with van der Waals surface area (Å²) in [5, 5.41) is 12.2. The number of hydrogen-bond donors (Lipinski definition) is 1. The fourth-order valence-electron chi connectivity index (χ4n) is 3.98. The Bertz CT molecular complexity index is 1260. The smallest absolute Gasteiger partial charge is 0.275 e. The minimum absolute atomic E-state index is 0.0498. The van der Waals surface area contributed by atoms with Gasteiger partial charge in [-0.05, 0) is 43.8 Å². The van der Waals surface area contributed by atoms with Crippen LogP contribution in [0.1, 0.15) is 31.2 Å².